The monoisotopic (exact) mass is 408 g/mol. The highest BCUT2D eigenvalue weighted by atomic mass is 19.1. The average molecular weight is 408 g/mol. The smallest absolute Gasteiger partial charge is 0.253 e. The maximum atomic E-state index is 13.1. The van der Waals surface area contributed by atoms with E-state index in [0.717, 1.165) is 12.8 Å². The second kappa shape index (κ2) is 8.44. The molecule has 1 N–H and O–H groups in total. The zero-order chi connectivity index (χ0) is 21.1. The van der Waals surface area contributed by atoms with E-state index in [-0.39, 0.29) is 23.5 Å². The largest absolute Gasteiger partial charge is 0.420 e. The molecule has 154 valence electrons. The molecule has 8 heteroatoms. The number of rotatable bonds is 4. The number of anilines is 1. The highest BCUT2D eigenvalue weighted by molar-refractivity contribution is 5.95. The van der Waals surface area contributed by atoms with Crippen LogP contribution < -0.4 is 5.32 Å². The summed E-state index contributed by atoms with van der Waals surface area (Å²) in [7, 11) is 0. The number of halogens is 1. The summed E-state index contributed by atoms with van der Waals surface area (Å²) in [5.41, 5.74) is 1.86. The van der Waals surface area contributed by atoms with E-state index in [1.165, 1.54) is 19.1 Å². The van der Waals surface area contributed by atoms with Gasteiger partial charge >= 0.3 is 0 Å². The second-order valence-electron chi connectivity index (χ2n) is 7.30. The molecule has 1 atom stereocenters. The summed E-state index contributed by atoms with van der Waals surface area (Å²) in [5.74, 6) is 0.197. The van der Waals surface area contributed by atoms with Gasteiger partial charge in [-0.2, -0.15) is 0 Å². The Morgan fingerprint density at radius 3 is 2.53 bits per heavy atom. The Morgan fingerprint density at radius 1 is 1.10 bits per heavy atom. The Kier molecular flexibility index (Phi) is 5.56. The lowest BCUT2D eigenvalue weighted by atomic mass is 9.97. The molecular formula is C22H21FN4O3. The summed E-state index contributed by atoms with van der Waals surface area (Å²) in [6, 6.07) is 12.7. The third-order valence-corrected chi connectivity index (χ3v) is 5.04. The minimum absolute atomic E-state index is 0.0527. The van der Waals surface area contributed by atoms with Crippen molar-refractivity contribution in [2.75, 3.05) is 18.4 Å². The molecule has 3 aromatic rings. The van der Waals surface area contributed by atoms with Crippen molar-refractivity contribution < 1.29 is 18.4 Å². The zero-order valence-electron chi connectivity index (χ0n) is 16.5. The SMILES string of the molecule is CC(=O)Nc1ccc(C(=O)N2CCCC(c3nnc(-c4ccc(F)cc4)o3)C2)cc1. The highest BCUT2D eigenvalue weighted by Crippen LogP contribution is 2.29. The van der Waals surface area contributed by atoms with Crippen LogP contribution in [0.1, 0.15) is 41.9 Å². The van der Waals surface area contributed by atoms with Crippen LogP contribution in [0.5, 0.6) is 0 Å². The van der Waals surface area contributed by atoms with Crippen LogP contribution in [0.3, 0.4) is 0 Å². The van der Waals surface area contributed by atoms with Gasteiger partial charge in [0.15, 0.2) is 0 Å². The lowest BCUT2D eigenvalue weighted by molar-refractivity contribution is -0.114. The van der Waals surface area contributed by atoms with Crippen molar-refractivity contribution in [3.8, 4) is 11.5 Å². The topological polar surface area (TPSA) is 88.3 Å². The van der Waals surface area contributed by atoms with E-state index in [4.69, 9.17) is 4.42 Å². The van der Waals surface area contributed by atoms with Gasteiger partial charge in [-0.1, -0.05) is 0 Å². The molecule has 1 aromatic heterocycles. The number of likely N-dealkylation sites (tertiary alicyclic amines) is 1. The first-order valence-corrected chi connectivity index (χ1v) is 9.76. The van der Waals surface area contributed by atoms with Crippen LogP contribution in [0.2, 0.25) is 0 Å². The van der Waals surface area contributed by atoms with E-state index in [2.05, 4.69) is 15.5 Å². The average Bonchev–Trinajstić information content (AvgIpc) is 3.24. The van der Waals surface area contributed by atoms with E-state index < -0.39 is 0 Å². The van der Waals surface area contributed by atoms with Crippen LogP contribution >= 0.6 is 0 Å². The molecule has 1 unspecified atom stereocenters. The molecule has 4 rings (SSSR count). The lowest BCUT2D eigenvalue weighted by Gasteiger charge is -2.31. The summed E-state index contributed by atoms with van der Waals surface area (Å²) in [5, 5.41) is 10.9. The first-order chi connectivity index (χ1) is 14.5. The number of benzene rings is 2. The lowest BCUT2D eigenvalue weighted by Crippen LogP contribution is -2.39. The molecule has 0 spiro atoms. The maximum absolute atomic E-state index is 13.1. The van der Waals surface area contributed by atoms with Gasteiger partial charge in [0.1, 0.15) is 5.82 Å². The summed E-state index contributed by atoms with van der Waals surface area (Å²) in [6.07, 6.45) is 1.67. The molecule has 0 bridgehead atoms. The van der Waals surface area contributed by atoms with Crippen molar-refractivity contribution in [2.45, 2.75) is 25.7 Å². The third kappa shape index (κ3) is 4.37. The fourth-order valence-electron chi connectivity index (χ4n) is 3.55. The van der Waals surface area contributed by atoms with Crippen molar-refractivity contribution in [1.29, 1.82) is 0 Å². The zero-order valence-corrected chi connectivity index (χ0v) is 16.5. The summed E-state index contributed by atoms with van der Waals surface area (Å²) < 4.78 is 18.9. The number of carbonyl (C=O) groups is 2. The molecule has 0 aliphatic carbocycles. The van der Waals surface area contributed by atoms with Gasteiger partial charge < -0.3 is 14.6 Å². The summed E-state index contributed by atoms with van der Waals surface area (Å²) in [6.45, 7) is 2.57. The van der Waals surface area contributed by atoms with Crippen LogP contribution in [0.25, 0.3) is 11.5 Å². The summed E-state index contributed by atoms with van der Waals surface area (Å²) >= 11 is 0. The van der Waals surface area contributed by atoms with Gasteiger partial charge in [0, 0.05) is 36.8 Å². The number of nitrogens with zero attached hydrogens (tertiary/aromatic N) is 3. The molecule has 30 heavy (non-hydrogen) atoms. The molecular weight excluding hydrogens is 387 g/mol. The number of nitrogens with one attached hydrogen (secondary N) is 1. The Bertz CT molecular complexity index is 1050. The number of amides is 2. The number of aromatic nitrogens is 2. The summed E-state index contributed by atoms with van der Waals surface area (Å²) in [4.78, 5) is 25.8. The molecule has 1 aliphatic rings. The van der Waals surface area contributed by atoms with Gasteiger partial charge in [-0.15, -0.1) is 10.2 Å². The molecule has 1 aliphatic heterocycles. The Labute approximate surface area is 172 Å². The minimum atomic E-state index is -0.329. The van der Waals surface area contributed by atoms with E-state index in [1.54, 1.807) is 41.3 Å². The van der Waals surface area contributed by atoms with Crippen LogP contribution in [0.15, 0.2) is 52.9 Å². The van der Waals surface area contributed by atoms with E-state index >= 15 is 0 Å². The van der Waals surface area contributed by atoms with Gasteiger partial charge in [0.2, 0.25) is 17.7 Å². The standard InChI is InChI=1S/C22H21FN4O3/c1-14(28)24-19-10-6-16(7-11-19)22(29)27-12-2-3-17(13-27)21-26-25-20(30-21)15-4-8-18(23)9-5-15/h4-11,17H,2-3,12-13H2,1H3,(H,24,28). The van der Waals surface area contributed by atoms with Crippen LogP contribution in [0.4, 0.5) is 10.1 Å². The Balaban J connectivity index is 1.45. The molecule has 0 radical (unpaired) electrons. The van der Waals surface area contributed by atoms with Crippen molar-refractivity contribution in [3.63, 3.8) is 0 Å². The predicted octanol–water partition coefficient (Wildman–Crippen LogP) is 3.85. The van der Waals surface area contributed by atoms with Crippen molar-refractivity contribution in [3.05, 3.63) is 65.8 Å². The third-order valence-electron chi connectivity index (χ3n) is 5.04. The maximum Gasteiger partial charge on any atom is 0.253 e. The van der Waals surface area contributed by atoms with E-state index in [1.807, 2.05) is 0 Å². The minimum Gasteiger partial charge on any atom is -0.420 e. The Hall–Kier alpha value is -3.55. The second-order valence-corrected chi connectivity index (χ2v) is 7.30. The van der Waals surface area contributed by atoms with Crippen molar-refractivity contribution in [2.24, 2.45) is 0 Å². The van der Waals surface area contributed by atoms with E-state index in [9.17, 15) is 14.0 Å². The fourth-order valence-corrected chi connectivity index (χ4v) is 3.55. The molecule has 7 nitrogen and oxygen atoms in total. The Morgan fingerprint density at radius 2 is 1.83 bits per heavy atom. The quantitative estimate of drug-likeness (QED) is 0.708. The molecule has 2 amide bonds. The number of carbonyl (C=O) groups excluding carboxylic acids is 2. The fraction of sp³-hybridized carbons (Fsp3) is 0.273. The van der Waals surface area contributed by atoms with Crippen molar-refractivity contribution >= 4 is 17.5 Å². The first kappa shape index (κ1) is 19.8. The van der Waals surface area contributed by atoms with E-state index in [0.29, 0.717) is 41.7 Å². The van der Waals surface area contributed by atoms with Crippen LogP contribution in [0, 0.1) is 5.82 Å². The highest BCUT2D eigenvalue weighted by Gasteiger charge is 2.29. The van der Waals surface area contributed by atoms with Gasteiger partial charge in [0.25, 0.3) is 5.91 Å². The van der Waals surface area contributed by atoms with Crippen LogP contribution in [-0.2, 0) is 4.79 Å². The van der Waals surface area contributed by atoms with Gasteiger partial charge in [-0.05, 0) is 61.4 Å². The number of hydrogen-bond donors (Lipinski definition) is 1. The van der Waals surface area contributed by atoms with Gasteiger partial charge in [-0.25, -0.2) is 4.39 Å². The molecule has 1 fully saturated rings. The first-order valence-electron chi connectivity index (χ1n) is 9.76. The van der Waals surface area contributed by atoms with Crippen LogP contribution in [-0.4, -0.2) is 40.0 Å². The molecule has 2 aromatic carbocycles. The van der Waals surface area contributed by atoms with Gasteiger partial charge in [0.05, 0.1) is 5.92 Å². The van der Waals surface area contributed by atoms with Gasteiger partial charge in [-0.3, -0.25) is 9.59 Å². The van der Waals surface area contributed by atoms with Crippen molar-refractivity contribution in [1.82, 2.24) is 15.1 Å². The molecule has 1 saturated heterocycles. The normalized spacial score (nSPS) is 16.3. The molecule has 0 saturated carbocycles. The molecule has 2 heterocycles. The number of piperidine rings is 1. The number of hydrogen-bond acceptors (Lipinski definition) is 5. The predicted molar refractivity (Wildman–Crippen MR) is 108 cm³/mol.